The topological polar surface area (TPSA) is 64.3 Å². The lowest BCUT2D eigenvalue weighted by Gasteiger charge is -2.16. The van der Waals surface area contributed by atoms with Gasteiger partial charge in [0.05, 0.1) is 12.1 Å². The van der Waals surface area contributed by atoms with Crippen LogP contribution in [0.3, 0.4) is 0 Å². The molecule has 1 amide bonds. The van der Waals surface area contributed by atoms with E-state index in [9.17, 15) is 13.6 Å². The Kier molecular flexibility index (Phi) is 7.33. The SMILES string of the molecule is CC(COc1ccc(F)cc1F)NC(=O)[C@@H](C)N.Cl. The number of halogens is 3. The summed E-state index contributed by atoms with van der Waals surface area (Å²) in [5.74, 6) is -1.82. The minimum Gasteiger partial charge on any atom is -0.488 e. The van der Waals surface area contributed by atoms with Gasteiger partial charge in [0, 0.05) is 6.07 Å². The van der Waals surface area contributed by atoms with Crippen molar-refractivity contribution in [2.75, 3.05) is 6.61 Å². The van der Waals surface area contributed by atoms with Crippen molar-refractivity contribution in [1.82, 2.24) is 5.32 Å². The van der Waals surface area contributed by atoms with Gasteiger partial charge in [0.1, 0.15) is 12.4 Å². The molecule has 1 rings (SSSR count). The summed E-state index contributed by atoms with van der Waals surface area (Å²) in [5.41, 5.74) is 5.38. The smallest absolute Gasteiger partial charge is 0.236 e. The molecule has 19 heavy (non-hydrogen) atoms. The Morgan fingerprint density at radius 3 is 2.58 bits per heavy atom. The molecule has 0 spiro atoms. The molecule has 0 aliphatic rings. The van der Waals surface area contributed by atoms with Gasteiger partial charge in [0.15, 0.2) is 11.6 Å². The number of carbonyl (C=O) groups is 1. The van der Waals surface area contributed by atoms with E-state index in [1.807, 2.05) is 0 Å². The molecule has 0 saturated carbocycles. The van der Waals surface area contributed by atoms with E-state index in [0.717, 1.165) is 12.1 Å². The normalized spacial score (nSPS) is 13.1. The molecule has 1 aromatic rings. The molecular formula is C12H17ClF2N2O2. The van der Waals surface area contributed by atoms with Crippen molar-refractivity contribution < 1.29 is 18.3 Å². The second-order valence-electron chi connectivity index (χ2n) is 4.08. The maximum atomic E-state index is 13.2. The van der Waals surface area contributed by atoms with Crippen molar-refractivity contribution in [2.24, 2.45) is 5.73 Å². The van der Waals surface area contributed by atoms with Gasteiger partial charge in [0.2, 0.25) is 5.91 Å². The first-order valence-corrected chi connectivity index (χ1v) is 5.54. The van der Waals surface area contributed by atoms with E-state index < -0.39 is 17.7 Å². The number of rotatable bonds is 5. The first-order valence-electron chi connectivity index (χ1n) is 5.54. The van der Waals surface area contributed by atoms with Gasteiger partial charge in [-0.3, -0.25) is 4.79 Å². The van der Waals surface area contributed by atoms with Gasteiger partial charge in [-0.25, -0.2) is 8.78 Å². The van der Waals surface area contributed by atoms with Crippen LogP contribution in [0.4, 0.5) is 8.78 Å². The van der Waals surface area contributed by atoms with Crippen LogP contribution in [0.2, 0.25) is 0 Å². The molecular weight excluding hydrogens is 278 g/mol. The maximum absolute atomic E-state index is 13.2. The molecule has 2 atom stereocenters. The molecule has 0 radical (unpaired) electrons. The molecule has 0 heterocycles. The highest BCUT2D eigenvalue weighted by atomic mass is 35.5. The van der Waals surface area contributed by atoms with E-state index in [0.29, 0.717) is 0 Å². The summed E-state index contributed by atoms with van der Waals surface area (Å²) in [4.78, 5) is 11.3. The lowest BCUT2D eigenvalue weighted by atomic mass is 10.3. The Hall–Kier alpha value is -1.40. The van der Waals surface area contributed by atoms with Gasteiger partial charge in [-0.15, -0.1) is 12.4 Å². The minimum absolute atomic E-state index is 0. The average Bonchev–Trinajstić information content (AvgIpc) is 2.27. The van der Waals surface area contributed by atoms with E-state index in [4.69, 9.17) is 10.5 Å². The summed E-state index contributed by atoms with van der Waals surface area (Å²) in [6.07, 6.45) is 0. The minimum atomic E-state index is -0.777. The second-order valence-corrected chi connectivity index (χ2v) is 4.08. The van der Waals surface area contributed by atoms with Crippen LogP contribution >= 0.6 is 12.4 Å². The zero-order chi connectivity index (χ0) is 13.7. The largest absolute Gasteiger partial charge is 0.488 e. The fourth-order valence-electron chi connectivity index (χ4n) is 1.22. The zero-order valence-electron chi connectivity index (χ0n) is 10.7. The third-order valence-electron chi connectivity index (χ3n) is 2.18. The molecule has 108 valence electrons. The average molecular weight is 295 g/mol. The number of amides is 1. The number of benzene rings is 1. The van der Waals surface area contributed by atoms with E-state index in [1.54, 1.807) is 13.8 Å². The Bertz CT molecular complexity index is 430. The van der Waals surface area contributed by atoms with Gasteiger partial charge < -0.3 is 15.8 Å². The highest BCUT2D eigenvalue weighted by molar-refractivity contribution is 5.85. The van der Waals surface area contributed by atoms with Crippen LogP contribution in [0, 0.1) is 11.6 Å². The number of nitrogens with two attached hydrogens (primary N) is 1. The number of hydrogen-bond donors (Lipinski definition) is 2. The van der Waals surface area contributed by atoms with Gasteiger partial charge in [-0.05, 0) is 26.0 Å². The monoisotopic (exact) mass is 294 g/mol. The van der Waals surface area contributed by atoms with Gasteiger partial charge in [-0.1, -0.05) is 0 Å². The molecule has 1 unspecified atom stereocenters. The summed E-state index contributed by atoms with van der Waals surface area (Å²) >= 11 is 0. The van der Waals surface area contributed by atoms with Crippen LogP contribution in [0.1, 0.15) is 13.8 Å². The molecule has 0 bridgehead atoms. The predicted molar refractivity (Wildman–Crippen MR) is 70.4 cm³/mol. The fraction of sp³-hybridized carbons (Fsp3) is 0.417. The molecule has 0 aromatic heterocycles. The molecule has 0 aliphatic heterocycles. The van der Waals surface area contributed by atoms with Crippen LogP contribution < -0.4 is 15.8 Å². The Labute approximate surface area is 116 Å². The van der Waals surface area contributed by atoms with Crippen LogP contribution in [0.25, 0.3) is 0 Å². The highest BCUT2D eigenvalue weighted by Crippen LogP contribution is 2.17. The van der Waals surface area contributed by atoms with Crippen LogP contribution in [-0.4, -0.2) is 24.6 Å². The molecule has 7 heteroatoms. The third-order valence-corrected chi connectivity index (χ3v) is 2.18. The number of nitrogens with one attached hydrogen (secondary N) is 1. The zero-order valence-corrected chi connectivity index (χ0v) is 11.5. The Morgan fingerprint density at radius 1 is 1.42 bits per heavy atom. The van der Waals surface area contributed by atoms with Crippen molar-refractivity contribution in [3.8, 4) is 5.75 Å². The molecule has 0 fully saturated rings. The second kappa shape index (κ2) is 7.91. The summed E-state index contributed by atoms with van der Waals surface area (Å²) in [5, 5.41) is 2.59. The summed E-state index contributed by atoms with van der Waals surface area (Å²) in [6, 6.07) is 2.09. The summed E-state index contributed by atoms with van der Waals surface area (Å²) in [6.45, 7) is 3.32. The van der Waals surface area contributed by atoms with Crippen LogP contribution in [-0.2, 0) is 4.79 Å². The lowest BCUT2D eigenvalue weighted by molar-refractivity contribution is -0.122. The van der Waals surface area contributed by atoms with E-state index in [1.165, 1.54) is 6.07 Å². The molecule has 0 aliphatic carbocycles. The van der Waals surface area contributed by atoms with Crippen LogP contribution in [0.5, 0.6) is 5.75 Å². The lowest BCUT2D eigenvalue weighted by Crippen LogP contribution is -2.44. The fourth-order valence-corrected chi connectivity index (χ4v) is 1.22. The molecule has 0 saturated heterocycles. The van der Waals surface area contributed by atoms with Gasteiger partial charge >= 0.3 is 0 Å². The molecule has 1 aromatic carbocycles. The van der Waals surface area contributed by atoms with Crippen molar-refractivity contribution >= 4 is 18.3 Å². The maximum Gasteiger partial charge on any atom is 0.236 e. The number of hydrogen-bond acceptors (Lipinski definition) is 3. The van der Waals surface area contributed by atoms with E-state index in [-0.39, 0.29) is 36.7 Å². The van der Waals surface area contributed by atoms with Gasteiger partial charge in [-0.2, -0.15) is 0 Å². The molecule has 4 nitrogen and oxygen atoms in total. The molecule has 3 N–H and O–H groups in total. The third kappa shape index (κ3) is 5.85. The Morgan fingerprint density at radius 2 is 2.05 bits per heavy atom. The van der Waals surface area contributed by atoms with Crippen molar-refractivity contribution in [3.63, 3.8) is 0 Å². The van der Waals surface area contributed by atoms with Crippen molar-refractivity contribution in [2.45, 2.75) is 25.9 Å². The first kappa shape index (κ1) is 17.6. The Balaban J connectivity index is 0.00000324. The number of carbonyl (C=O) groups excluding carboxylic acids is 1. The van der Waals surface area contributed by atoms with Crippen molar-refractivity contribution in [3.05, 3.63) is 29.8 Å². The first-order chi connectivity index (χ1) is 8.40. The van der Waals surface area contributed by atoms with Crippen LogP contribution in [0.15, 0.2) is 18.2 Å². The quantitative estimate of drug-likeness (QED) is 0.867. The van der Waals surface area contributed by atoms with E-state index in [2.05, 4.69) is 5.32 Å². The van der Waals surface area contributed by atoms with E-state index >= 15 is 0 Å². The highest BCUT2D eigenvalue weighted by Gasteiger charge is 2.12. The standard InChI is InChI=1S/C12H16F2N2O2.ClH/c1-7(16-12(17)8(2)15)6-18-11-4-3-9(13)5-10(11)14;/h3-5,7-8H,6,15H2,1-2H3,(H,16,17);1H/t7?,8-;/m1./s1. The van der Waals surface area contributed by atoms with Crippen molar-refractivity contribution in [1.29, 1.82) is 0 Å². The predicted octanol–water partition coefficient (Wildman–Crippen LogP) is 1.62. The summed E-state index contributed by atoms with van der Waals surface area (Å²) < 4.78 is 31.0. The summed E-state index contributed by atoms with van der Waals surface area (Å²) in [7, 11) is 0. The van der Waals surface area contributed by atoms with Gasteiger partial charge in [0.25, 0.3) is 0 Å². The number of ether oxygens (including phenoxy) is 1.